The summed E-state index contributed by atoms with van der Waals surface area (Å²) in [7, 11) is 0. The van der Waals surface area contributed by atoms with Crippen molar-refractivity contribution in [2.75, 3.05) is 18.5 Å². The van der Waals surface area contributed by atoms with Gasteiger partial charge in [0.15, 0.2) is 0 Å². The van der Waals surface area contributed by atoms with Crippen LogP contribution in [0.5, 0.6) is 0 Å². The van der Waals surface area contributed by atoms with Crippen LogP contribution in [0.4, 0.5) is 5.69 Å². The summed E-state index contributed by atoms with van der Waals surface area (Å²) in [4.78, 5) is 0. The molecule has 0 unspecified atom stereocenters. The Morgan fingerprint density at radius 3 is 2.79 bits per heavy atom. The molecular formula is C13H19NO5. The molecule has 4 atom stereocenters. The maximum absolute atomic E-state index is 10.2. The molecule has 0 spiro atoms. The van der Waals surface area contributed by atoms with Crippen LogP contribution in [0.15, 0.2) is 24.3 Å². The lowest BCUT2D eigenvalue weighted by atomic mass is 9.97. The molecular weight excluding hydrogens is 250 g/mol. The van der Waals surface area contributed by atoms with E-state index in [4.69, 9.17) is 4.74 Å². The van der Waals surface area contributed by atoms with Crippen molar-refractivity contribution >= 4 is 5.69 Å². The maximum Gasteiger partial charge on any atom is 0.212 e. The summed E-state index contributed by atoms with van der Waals surface area (Å²) in [5.41, 5.74) is 1.82. The lowest BCUT2D eigenvalue weighted by molar-refractivity contribution is -0.313. The molecule has 0 aromatic heterocycles. The van der Waals surface area contributed by atoms with Crippen molar-refractivity contribution in [3.05, 3.63) is 29.8 Å². The maximum atomic E-state index is 10.2. The zero-order chi connectivity index (χ0) is 14.0. The normalized spacial score (nSPS) is 35.1. The average molecular weight is 269 g/mol. The van der Waals surface area contributed by atoms with E-state index in [1.807, 2.05) is 31.2 Å². The number of rotatable bonds is 3. The Bertz CT molecular complexity index is 441. The van der Waals surface area contributed by atoms with Crippen LogP contribution in [-0.2, 0) is 4.74 Å². The molecule has 1 saturated heterocycles. The molecule has 0 amide bonds. The number of aryl methyl sites for hydroxylation is 1. The van der Waals surface area contributed by atoms with E-state index >= 15 is 0 Å². The van der Waals surface area contributed by atoms with Gasteiger partial charge in [0.2, 0.25) is 5.79 Å². The number of anilines is 1. The molecule has 1 aliphatic heterocycles. The van der Waals surface area contributed by atoms with Gasteiger partial charge in [0.25, 0.3) is 0 Å². The summed E-state index contributed by atoms with van der Waals surface area (Å²) >= 11 is 0. The minimum Gasteiger partial charge on any atom is -0.388 e. The second-order valence-electron chi connectivity index (χ2n) is 4.88. The molecule has 6 heteroatoms. The molecule has 0 radical (unpaired) electrons. The highest BCUT2D eigenvalue weighted by atomic mass is 16.6. The summed E-state index contributed by atoms with van der Waals surface area (Å²) in [5.74, 6) is -1.93. The van der Waals surface area contributed by atoms with Crippen LogP contribution in [0, 0.1) is 6.92 Å². The van der Waals surface area contributed by atoms with Crippen molar-refractivity contribution in [3.8, 4) is 0 Å². The Morgan fingerprint density at radius 1 is 1.37 bits per heavy atom. The van der Waals surface area contributed by atoms with Gasteiger partial charge in [-0.15, -0.1) is 0 Å². The van der Waals surface area contributed by atoms with Crippen molar-refractivity contribution in [1.29, 1.82) is 0 Å². The Balaban J connectivity index is 2.01. The smallest absolute Gasteiger partial charge is 0.212 e. The minimum atomic E-state index is -1.93. The van der Waals surface area contributed by atoms with Crippen LogP contribution in [0.3, 0.4) is 0 Å². The van der Waals surface area contributed by atoms with Crippen molar-refractivity contribution in [2.45, 2.75) is 31.0 Å². The zero-order valence-electron chi connectivity index (χ0n) is 10.7. The Morgan fingerprint density at radius 2 is 2.11 bits per heavy atom. The fourth-order valence-electron chi connectivity index (χ4n) is 2.03. The van der Waals surface area contributed by atoms with E-state index in [9.17, 15) is 20.4 Å². The first-order chi connectivity index (χ1) is 8.92. The summed E-state index contributed by atoms with van der Waals surface area (Å²) in [6, 6.07) is 7.49. The zero-order valence-corrected chi connectivity index (χ0v) is 10.7. The first kappa shape index (κ1) is 14.2. The molecule has 5 N–H and O–H groups in total. The predicted molar refractivity (Wildman–Crippen MR) is 68.6 cm³/mol. The van der Waals surface area contributed by atoms with Crippen LogP contribution in [0.25, 0.3) is 0 Å². The summed E-state index contributed by atoms with van der Waals surface area (Å²) in [5, 5.41) is 41.8. The van der Waals surface area contributed by atoms with Gasteiger partial charge < -0.3 is 30.5 Å². The third-order valence-corrected chi connectivity index (χ3v) is 3.25. The Kier molecular flexibility index (Phi) is 4.07. The highest BCUT2D eigenvalue weighted by Gasteiger charge is 2.48. The van der Waals surface area contributed by atoms with Gasteiger partial charge in [-0.3, -0.25) is 0 Å². The molecule has 0 bridgehead atoms. The lowest BCUT2D eigenvalue weighted by Crippen LogP contribution is -2.63. The SMILES string of the molecule is Cc1cccc(NC[C@@]2(O)OC[C@@H](O)[C@@H](O)[C@@H]2O)c1. The van der Waals surface area contributed by atoms with Crippen molar-refractivity contribution < 1.29 is 25.2 Å². The molecule has 1 heterocycles. The molecule has 1 fully saturated rings. The number of ether oxygens (including phenoxy) is 1. The number of hydrogen-bond acceptors (Lipinski definition) is 6. The molecule has 0 saturated carbocycles. The monoisotopic (exact) mass is 269 g/mol. The highest BCUT2D eigenvalue weighted by molar-refractivity contribution is 5.45. The average Bonchev–Trinajstić information content (AvgIpc) is 2.39. The van der Waals surface area contributed by atoms with Crippen LogP contribution in [0.1, 0.15) is 5.56 Å². The number of hydrogen-bond donors (Lipinski definition) is 5. The van der Waals surface area contributed by atoms with Crippen LogP contribution in [0.2, 0.25) is 0 Å². The second-order valence-corrected chi connectivity index (χ2v) is 4.88. The van der Waals surface area contributed by atoms with E-state index in [1.165, 1.54) is 0 Å². The molecule has 1 aromatic rings. The standard InChI is InChI=1S/C13H19NO5/c1-8-3-2-4-9(5-8)14-7-13(18)12(17)11(16)10(15)6-19-13/h2-5,10-12,14-18H,6-7H2,1H3/t10-,11-,12+,13-/m1/s1. The third-order valence-electron chi connectivity index (χ3n) is 3.25. The molecule has 2 rings (SSSR count). The molecule has 19 heavy (non-hydrogen) atoms. The molecule has 6 nitrogen and oxygen atoms in total. The number of nitrogens with one attached hydrogen (secondary N) is 1. The number of aliphatic hydroxyl groups is 4. The predicted octanol–water partition coefficient (Wildman–Crippen LogP) is -0.792. The van der Waals surface area contributed by atoms with Crippen molar-refractivity contribution in [1.82, 2.24) is 0 Å². The number of aliphatic hydroxyl groups excluding tert-OH is 3. The van der Waals surface area contributed by atoms with Gasteiger partial charge in [-0.25, -0.2) is 0 Å². The van der Waals surface area contributed by atoms with E-state index < -0.39 is 24.1 Å². The summed E-state index contributed by atoms with van der Waals surface area (Å²) < 4.78 is 5.05. The second kappa shape index (κ2) is 5.44. The van der Waals surface area contributed by atoms with Gasteiger partial charge in [-0.2, -0.15) is 0 Å². The highest BCUT2D eigenvalue weighted by Crippen LogP contribution is 2.24. The van der Waals surface area contributed by atoms with E-state index in [-0.39, 0.29) is 13.2 Å². The Labute approximate surface area is 111 Å². The minimum absolute atomic E-state index is 0.0958. The van der Waals surface area contributed by atoms with Gasteiger partial charge in [-0.05, 0) is 24.6 Å². The molecule has 1 aromatic carbocycles. The first-order valence-electron chi connectivity index (χ1n) is 6.13. The fourth-order valence-corrected chi connectivity index (χ4v) is 2.03. The van der Waals surface area contributed by atoms with E-state index in [2.05, 4.69) is 5.32 Å². The van der Waals surface area contributed by atoms with E-state index in [1.54, 1.807) is 0 Å². The fraction of sp³-hybridized carbons (Fsp3) is 0.538. The van der Waals surface area contributed by atoms with Gasteiger partial charge in [0.1, 0.15) is 18.3 Å². The molecule has 1 aliphatic rings. The molecule has 106 valence electrons. The summed E-state index contributed by atoms with van der Waals surface area (Å²) in [6.07, 6.45) is -4.21. The van der Waals surface area contributed by atoms with Crippen molar-refractivity contribution in [2.24, 2.45) is 0 Å². The third kappa shape index (κ3) is 3.05. The van der Waals surface area contributed by atoms with E-state index in [0.29, 0.717) is 0 Å². The summed E-state index contributed by atoms with van der Waals surface area (Å²) in [6.45, 7) is 1.61. The van der Waals surface area contributed by atoms with Gasteiger partial charge in [0.05, 0.1) is 13.2 Å². The van der Waals surface area contributed by atoms with Crippen LogP contribution >= 0.6 is 0 Å². The van der Waals surface area contributed by atoms with E-state index in [0.717, 1.165) is 11.3 Å². The lowest BCUT2D eigenvalue weighted by Gasteiger charge is -2.41. The number of benzene rings is 1. The van der Waals surface area contributed by atoms with Crippen molar-refractivity contribution in [3.63, 3.8) is 0 Å². The topological polar surface area (TPSA) is 102 Å². The van der Waals surface area contributed by atoms with Gasteiger partial charge >= 0.3 is 0 Å². The first-order valence-corrected chi connectivity index (χ1v) is 6.13. The molecule has 0 aliphatic carbocycles. The quantitative estimate of drug-likeness (QED) is 0.493. The van der Waals surface area contributed by atoms with Crippen LogP contribution < -0.4 is 5.32 Å². The van der Waals surface area contributed by atoms with Gasteiger partial charge in [0, 0.05) is 5.69 Å². The largest absolute Gasteiger partial charge is 0.388 e. The van der Waals surface area contributed by atoms with Gasteiger partial charge in [-0.1, -0.05) is 12.1 Å². The van der Waals surface area contributed by atoms with Crippen LogP contribution in [-0.4, -0.2) is 57.7 Å². The Hall–Kier alpha value is -1.18.